The highest BCUT2D eigenvalue weighted by Gasteiger charge is 2.33. The molecular weight excluding hydrogens is 244 g/mol. The molecule has 0 bridgehead atoms. The van der Waals surface area contributed by atoms with Gasteiger partial charge in [0.2, 0.25) is 5.15 Å². The summed E-state index contributed by atoms with van der Waals surface area (Å²) in [5, 5.41) is 0.390. The lowest BCUT2D eigenvalue weighted by atomic mass is 9.71. The van der Waals surface area contributed by atoms with Crippen LogP contribution in [0.2, 0.25) is 5.15 Å². The third-order valence-electron chi connectivity index (χ3n) is 3.05. The van der Waals surface area contributed by atoms with Crippen molar-refractivity contribution >= 4 is 23.3 Å². The molecule has 0 spiro atoms. The van der Waals surface area contributed by atoms with Crippen molar-refractivity contribution in [3.63, 3.8) is 0 Å². The van der Waals surface area contributed by atoms with E-state index >= 15 is 0 Å². The molecule has 2 atom stereocenters. The summed E-state index contributed by atoms with van der Waals surface area (Å²) in [7, 11) is 0. The highest BCUT2D eigenvalue weighted by molar-refractivity contribution is 6.99. The number of aromatic nitrogens is 2. The number of hydrogen-bond acceptors (Lipinski definition) is 4. The van der Waals surface area contributed by atoms with E-state index < -0.39 is 0 Å². The van der Waals surface area contributed by atoms with Crippen molar-refractivity contribution in [2.24, 2.45) is 11.3 Å². The van der Waals surface area contributed by atoms with E-state index in [1.165, 1.54) is 6.42 Å². The van der Waals surface area contributed by atoms with Gasteiger partial charge in [0.25, 0.3) is 5.88 Å². The first-order valence-electron chi connectivity index (χ1n) is 5.61. The van der Waals surface area contributed by atoms with Gasteiger partial charge in [0.15, 0.2) is 0 Å². The molecule has 1 aromatic rings. The van der Waals surface area contributed by atoms with Gasteiger partial charge in [-0.2, -0.15) is 4.37 Å². The van der Waals surface area contributed by atoms with Gasteiger partial charge in [-0.1, -0.05) is 32.4 Å². The van der Waals surface area contributed by atoms with Gasteiger partial charge in [0.1, 0.15) is 6.10 Å². The molecule has 0 radical (unpaired) electrons. The first kappa shape index (κ1) is 12.1. The second kappa shape index (κ2) is 4.49. The van der Waals surface area contributed by atoms with E-state index in [2.05, 4.69) is 29.5 Å². The Balaban J connectivity index is 2.02. The predicted molar refractivity (Wildman–Crippen MR) is 66.1 cm³/mol. The van der Waals surface area contributed by atoms with Crippen molar-refractivity contribution in [1.29, 1.82) is 0 Å². The topological polar surface area (TPSA) is 35.0 Å². The second-order valence-electron chi connectivity index (χ2n) is 5.51. The molecule has 0 amide bonds. The Labute approximate surface area is 105 Å². The molecule has 0 saturated heterocycles. The van der Waals surface area contributed by atoms with E-state index in [1.54, 1.807) is 0 Å². The summed E-state index contributed by atoms with van der Waals surface area (Å²) in [6, 6.07) is 0. The van der Waals surface area contributed by atoms with Crippen molar-refractivity contribution in [3.8, 4) is 5.88 Å². The largest absolute Gasteiger partial charge is 0.471 e. The number of ether oxygens (including phenoxy) is 1. The summed E-state index contributed by atoms with van der Waals surface area (Å²) in [6.07, 6.45) is 3.62. The Morgan fingerprint density at radius 3 is 2.69 bits per heavy atom. The summed E-state index contributed by atoms with van der Waals surface area (Å²) in [5.41, 5.74) is 0.345. The van der Waals surface area contributed by atoms with E-state index in [4.69, 9.17) is 16.3 Å². The van der Waals surface area contributed by atoms with Gasteiger partial charge in [-0.3, -0.25) is 0 Å². The zero-order valence-electron chi connectivity index (χ0n) is 9.86. The van der Waals surface area contributed by atoms with E-state index in [0.717, 1.165) is 24.6 Å². The van der Waals surface area contributed by atoms with Crippen LogP contribution in [-0.4, -0.2) is 14.9 Å². The molecule has 0 N–H and O–H groups in total. The van der Waals surface area contributed by atoms with Gasteiger partial charge >= 0.3 is 0 Å². The Morgan fingerprint density at radius 1 is 1.38 bits per heavy atom. The van der Waals surface area contributed by atoms with Crippen LogP contribution in [0.15, 0.2) is 0 Å². The molecule has 2 rings (SSSR count). The van der Waals surface area contributed by atoms with E-state index in [-0.39, 0.29) is 6.10 Å². The van der Waals surface area contributed by atoms with Crippen LogP contribution in [0.1, 0.15) is 40.0 Å². The maximum absolute atomic E-state index is 5.88. The van der Waals surface area contributed by atoms with E-state index in [9.17, 15) is 0 Å². The summed E-state index contributed by atoms with van der Waals surface area (Å²) in [6.45, 7) is 6.86. The van der Waals surface area contributed by atoms with Gasteiger partial charge in [0, 0.05) is 0 Å². The molecule has 1 aliphatic carbocycles. The van der Waals surface area contributed by atoms with Crippen LogP contribution in [0, 0.1) is 11.3 Å². The molecule has 16 heavy (non-hydrogen) atoms. The van der Waals surface area contributed by atoms with Crippen molar-refractivity contribution in [2.75, 3.05) is 0 Å². The molecule has 1 aromatic heterocycles. The molecule has 1 aliphatic rings. The molecule has 2 unspecified atom stereocenters. The van der Waals surface area contributed by atoms with Crippen LogP contribution in [-0.2, 0) is 0 Å². The van der Waals surface area contributed by atoms with Crippen molar-refractivity contribution < 1.29 is 4.74 Å². The maximum Gasteiger partial charge on any atom is 0.265 e. The molecule has 90 valence electrons. The number of hydrogen-bond donors (Lipinski definition) is 0. The van der Waals surface area contributed by atoms with E-state index in [1.807, 2.05) is 0 Å². The van der Waals surface area contributed by atoms with Crippen LogP contribution in [0.25, 0.3) is 0 Å². The number of rotatable bonds is 2. The van der Waals surface area contributed by atoms with Crippen LogP contribution in [0.3, 0.4) is 0 Å². The second-order valence-corrected chi connectivity index (χ2v) is 6.40. The normalized spacial score (nSPS) is 29.0. The van der Waals surface area contributed by atoms with Gasteiger partial charge in [-0.15, -0.1) is 4.37 Å². The molecular formula is C11H17ClN2OS. The van der Waals surface area contributed by atoms with Crippen LogP contribution in [0.4, 0.5) is 0 Å². The van der Waals surface area contributed by atoms with Crippen molar-refractivity contribution in [1.82, 2.24) is 8.75 Å². The Bertz CT molecular complexity index is 367. The average Bonchev–Trinajstić information content (AvgIpc) is 2.48. The van der Waals surface area contributed by atoms with Crippen molar-refractivity contribution in [2.45, 2.75) is 46.1 Å². The Hall–Kier alpha value is -0.350. The monoisotopic (exact) mass is 260 g/mol. The fourth-order valence-corrected chi connectivity index (χ4v) is 3.37. The average molecular weight is 261 g/mol. The molecule has 1 saturated carbocycles. The highest BCUT2D eigenvalue weighted by atomic mass is 35.5. The minimum Gasteiger partial charge on any atom is -0.471 e. The summed E-state index contributed by atoms with van der Waals surface area (Å²) < 4.78 is 13.8. The zero-order chi connectivity index (χ0) is 11.8. The van der Waals surface area contributed by atoms with Crippen LogP contribution < -0.4 is 4.74 Å². The minimum absolute atomic E-state index is 0.222. The van der Waals surface area contributed by atoms with Gasteiger partial charge in [-0.05, 0) is 30.6 Å². The lowest BCUT2D eigenvalue weighted by molar-refractivity contribution is 0.0539. The quantitative estimate of drug-likeness (QED) is 0.812. The third-order valence-corrected chi connectivity index (χ3v) is 3.90. The number of halogens is 1. The molecule has 0 aliphatic heterocycles. The lowest BCUT2D eigenvalue weighted by Crippen LogP contribution is -2.34. The molecule has 1 heterocycles. The third kappa shape index (κ3) is 2.86. The maximum atomic E-state index is 5.88. The first-order chi connectivity index (χ1) is 7.46. The predicted octanol–water partition coefficient (Wildman–Crippen LogP) is 3.79. The molecule has 3 nitrogen and oxygen atoms in total. The summed E-state index contributed by atoms with van der Waals surface area (Å²) in [4.78, 5) is 0. The minimum atomic E-state index is 0.222. The van der Waals surface area contributed by atoms with E-state index in [0.29, 0.717) is 22.4 Å². The summed E-state index contributed by atoms with van der Waals surface area (Å²) in [5.74, 6) is 1.20. The van der Waals surface area contributed by atoms with Crippen molar-refractivity contribution in [3.05, 3.63) is 5.15 Å². The van der Waals surface area contributed by atoms with Crippen LogP contribution >= 0.6 is 23.3 Å². The molecule has 5 heteroatoms. The van der Waals surface area contributed by atoms with Gasteiger partial charge in [-0.25, -0.2) is 0 Å². The summed E-state index contributed by atoms with van der Waals surface area (Å²) >= 11 is 6.98. The fourth-order valence-electron chi connectivity index (χ4n) is 2.75. The Morgan fingerprint density at radius 2 is 2.12 bits per heavy atom. The van der Waals surface area contributed by atoms with Crippen LogP contribution in [0.5, 0.6) is 5.88 Å². The smallest absolute Gasteiger partial charge is 0.265 e. The SMILES string of the molecule is CC1CC(Oc2nsnc2Cl)CC(C)(C)C1. The van der Waals surface area contributed by atoms with Gasteiger partial charge in [0.05, 0.1) is 11.7 Å². The molecule has 0 aromatic carbocycles. The Kier molecular flexibility index (Phi) is 3.40. The lowest BCUT2D eigenvalue weighted by Gasteiger charge is -2.38. The standard InChI is InChI=1S/C11H17ClN2OS/c1-7-4-8(6-11(2,3)5-7)15-10-9(12)13-16-14-10/h7-8H,4-6H2,1-3H3. The highest BCUT2D eigenvalue weighted by Crippen LogP contribution is 2.40. The zero-order valence-corrected chi connectivity index (χ0v) is 11.4. The first-order valence-corrected chi connectivity index (χ1v) is 6.72. The number of nitrogens with zero attached hydrogens (tertiary/aromatic N) is 2. The molecule has 1 fully saturated rings. The van der Waals surface area contributed by atoms with Gasteiger partial charge < -0.3 is 4.74 Å². The fraction of sp³-hybridized carbons (Fsp3) is 0.818.